The minimum Gasteiger partial charge on any atom is -0.462 e. The van der Waals surface area contributed by atoms with Gasteiger partial charge in [0, 0.05) is 6.42 Å². The smallest absolute Gasteiger partial charge is 0.306 e. The second-order valence-electron chi connectivity index (χ2n) is 16.9. The van der Waals surface area contributed by atoms with Crippen molar-refractivity contribution in [2.24, 2.45) is 0 Å². The standard InChI is InChI=1S/C51H95NO5/c1-4-7-10-13-16-19-21-22-23-24-25-26-27-29-32-35-38-41-44-51(56)57-47(42-39-36-33-31-28-20-17-14-11-8-5-2)45-50(55)52-48(46-53)49(54)43-40-37-34-30-18-15-12-9-6-3/h23-26,31,33,47-49,53-54H,4-22,27-30,32,34-46H2,1-3H3,(H,52,55)/b24-23+,26-25+,33-31-. The molecule has 0 bridgehead atoms. The highest BCUT2D eigenvalue weighted by molar-refractivity contribution is 5.77. The van der Waals surface area contributed by atoms with Gasteiger partial charge in [-0.2, -0.15) is 0 Å². The van der Waals surface area contributed by atoms with Crippen molar-refractivity contribution in [1.82, 2.24) is 5.32 Å². The van der Waals surface area contributed by atoms with Crippen LogP contribution in [0.1, 0.15) is 252 Å². The lowest BCUT2D eigenvalue weighted by Gasteiger charge is -2.24. The van der Waals surface area contributed by atoms with Crippen LogP contribution in [0.2, 0.25) is 0 Å². The van der Waals surface area contributed by atoms with Crippen molar-refractivity contribution in [2.75, 3.05) is 6.61 Å². The first-order valence-corrected chi connectivity index (χ1v) is 24.7. The molecule has 334 valence electrons. The summed E-state index contributed by atoms with van der Waals surface area (Å²) in [4.78, 5) is 26.0. The highest BCUT2D eigenvalue weighted by Gasteiger charge is 2.24. The summed E-state index contributed by atoms with van der Waals surface area (Å²) in [6, 6.07) is -0.709. The fourth-order valence-corrected chi connectivity index (χ4v) is 7.42. The molecule has 0 aliphatic heterocycles. The number of amides is 1. The van der Waals surface area contributed by atoms with Crippen LogP contribution in [0.15, 0.2) is 36.5 Å². The Balaban J connectivity index is 4.56. The van der Waals surface area contributed by atoms with Crippen LogP contribution in [0.4, 0.5) is 0 Å². The van der Waals surface area contributed by atoms with Crippen molar-refractivity contribution < 1.29 is 24.5 Å². The van der Waals surface area contributed by atoms with E-state index in [0.717, 1.165) is 70.6 Å². The number of carbonyl (C=O) groups excluding carboxylic acids is 2. The summed E-state index contributed by atoms with van der Waals surface area (Å²) in [6.45, 7) is 6.44. The molecule has 3 atom stereocenters. The number of hydrogen-bond acceptors (Lipinski definition) is 5. The number of aliphatic hydroxyl groups is 2. The molecule has 0 aromatic rings. The lowest BCUT2D eigenvalue weighted by molar-refractivity contribution is -0.151. The molecule has 0 saturated carbocycles. The van der Waals surface area contributed by atoms with Gasteiger partial charge in [0.05, 0.1) is 25.2 Å². The van der Waals surface area contributed by atoms with E-state index in [9.17, 15) is 19.8 Å². The van der Waals surface area contributed by atoms with E-state index < -0.39 is 18.2 Å². The predicted octanol–water partition coefficient (Wildman–Crippen LogP) is 14.5. The molecule has 0 aliphatic rings. The third-order valence-corrected chi connectivity index (χ3v) is 11.2. The van der Waals surface area contributed by atoms with Crippen molar-refractivity contribution in [2.45, 2.75) is 270 Å². The van der Waals surface area contributed by atoms with Crippen LogP contribution in [0, 0.1) is 0 Å². The number of aliphatic hydroxyl groups excluding tert-OH is 2. The van der Waals surface area contributed by atoms with E-state index in [2.05, 4.69) is 62.5 Å². The number of unbranched alkanes of at least 4 members (excludes halogenated alkanes) is 27. The van der Waals surface area contributed by atoms with Gasteiger partial charge in [0.2, 0.25) is 5.91 Å². The maximum atomic E-state index is 13.1. The molecule has 0 aromatic carbocycles. The first kappa shape index (κ1) is 55.1. The van der Waals surface area contributed by atoms with E-state index in [0.29, 0.717) is 19.3 Å². The molecule has 3 N–H and O–H groups in total. The number of allylic oxidation sites excluding steroid dienone is 6. The highest BCUT2D eigenvalue weighted by atomic mass is 16.5. The Kier molecular flexibility index (Phi) is 43.6. The largest absolute Gasteiger partial charge is 0.462 e. The Morgan fingerprint density at radius 1 is 0.509 bits per heavy atom. The lowest BCUT2D eigenvalue weighted by atomic mass is 10.0. The van der Waals surface area contributed by atoms with Gasteiger partial charge in [-0.1, -0.05) is 205 Å². The number of esters is 1. The maximum absolute atomic E-state index is 13.1. The molecule has 0 aromatic heterocycles. The zero-order valence-corrected chi connectivity index (χ0v) is 38.0. The van der Waals surface area contributed by atoms with Crippen molar-refractivity contribution in [3.63, 3.8) is 0 Å². The van der Waals surface area contributed by atoms with Gasteiger partial charge >= 0.3 is 5.97 Å². The molecule has 0 saturated heterocycles. The Labute approximate surface area is 353 Å². The summed E-state index contributed by atoms with van der Waals surface area (Å²) in [5.74, 6) is -0.518. The summed E-state index contributed by atoms with van der Waals surface area (Å²) in [7, 11) is 0. The monoisotopic (exact) mass is 802 g/mol. The van der Waals surface area contributed by atoms with E-state index in [-0.39, 0.29) is 24.9 Å². The van der Waals surface area contributed by atoms with Crippen LogP contribution in [-0.4, -0.2) is 46.9 Å². The molecule has 0 spiro atoms. The number of nitrogens with one attached hydrogen (secondary N) is 1. The summed E-state index contributed by atoms with van der Waals surface area (Å²) in [5, 5.41) is 23.6. The summed E-state index contributed by atoms with van der Waals surface area (Å²) in [5.41, 5.74) is 0. The second kappa shape index (κ2) is 45.2. The Hall–Kier alpha value is -1.92. The van der Waals surface area contributed by atoms with Crippen LogP contribution in [0.5, 0.6) is 0 Å². The quantitative estimate of drug-likeness (QED) is 0.0247. The first-order chi connectivity index (χ1) is 28.0. The average Bonchev–Trinajstić information content (AvgIpc) is 3.20. The Bertz CT molecular complexity index is 946. The molecular formula is C51H95NO5. The van der Waals surface area contributed by atoms with Crippen LogP contribution >= 0.6 is 0 Å². The molecule has 1 amide bonds. The summed E-state index contributed by atoms with van der Waals surface area (Å²) in [6.07, 6.45) is 52.1. The predicted molar refractivity (Wildman–Crippen MR) is 246 cm³/mol. The zero-order chi connectivity index (χ0) is 41.7. The number of rotatable bonds is 44. The van der Waals surface area contributed by atoms with Gasteiger partial charge in [0.25, 0.3) is 0 Å². The molecule has 3 unspecified atom stereocenters. The molecule has 0 radical (unpaired) electrons. The summed E-state index contributed by atoms with van der Waals surface area (Å²) >= 11 is 0. The zero-order valence-electron chi connectivity index (χ0n) is 38.0. The van der Waals surface area contributed by atoms with E-state index in [1.165, 1.54) is 135 Å². The second-order valence-corrected chi connectivity index (χ2v) is 16.9. The Morgan fingerprint density at radius 3 is 1.39 bits per heavy atom. The van der Waals surface area contributed by atoms with Crippen molar-refractivity contribution in [3.8, 4) is 0 Å². The van der Waals surface area contributed by atoms with Gasteiger partial charge in [0.1, 0.15) is 6.10 Å². The molecule has 57 heavy (non-hydrogen) atoms. The van der Waals surface area contributed by atoms with Gasteiger partial charge in [0.15, 0.2) is 0 Å². The van der Waals surface area contributed by atoms with E-state index in [1.807, 2.05) is 0 Å². The van der Waals surface area contributed by atoms with Crippen LogP contribution < -0.4 is 5.32 Å². The minimum atomic E-state index is -0.793. The van der Waals surface area contributed by atoms with Crippen molar-refractivity contribution in [1.29, 1.82) is 0 Å². The number of carbonyl (C=O) groups is 2. The molecule has 6 heteroatoms. The van der Waals surface area contributed by atoms with Gasteiger partial charge in [-0.25, -0.2) is 0 Å². The molecule has 6 nitrogen and oxygen atoms in total. The maximum Gasteiger partial charge on any atom is 0.306 e. The minimum absolute atomic E-state index is 0.0519. The fraction of sp³-hybridized carbons (Fsp3) is 0.843. The van der Waals surface area contributed by atoms with Crippen molar-refractivity contribution in [3.05, 3.63) is 36.5 Å². The molecule has 0 fully saturated rings. The van der Waals surface area contributed by atoms with E-state index >= 15 is 0 Å². The normalized spacial score (nSPS) is 13.6. The van der Waals surface area contributed by atoms with Crippen LogP contribution in [-0.2, 0) is 14.3 Å². The molecule has 0 rings (SSSR count). The molecular weight excluding hydrogens is 707 g/mol. The Morgan fingerprint density at radius 2 is 0.912 bits per heavy atom. The highest BCUT2D eigenvalue weighted by Crippen LogP contribution is 2.17. The van der Waals surface area contributed by atoms with Gasteiger partial charge in [-0.05, 0) is 70.6 Å². The van der Waals surface area contributed by atoms with Gasteiger partial charge in [-0.15, -0.1) is 0 Å². The first-order valence-electron chi connectivity index (χ1n) is 24.7. The lowest BCUT2D eigenvalue weighted by Crippen LogP contribution is -2.46. The van der Waals surface area contributed by atoms with E-state index in [4.69, 9.17) is 4.74 Å². The number of ether oxygens (including phenoxy) is 1. The fourth-order valence-electron chi connectivity index (χ4n) is 7.42. The SMILES string of the molecule is CCCCCCCC/C=C\CCCC(CC(=O)NC(CO)C(O)CCCCCCCCCCC)OC(=O)CCCCCCC/C=C/C=C/CCCCCCCCC. The number of hydrogen-bond donors (Lipinski definition) is 3. The molecule has 0 heterocycles. The average molecular weight is 802 g/mol. The van der Waals surface area contributed by atoms with E-state index in [1.54, 1.807) is 0 Å². The van der Waals surface area contributed by atoms with Gasteiger partial charge in [-0.3, -0.25) is 9.59 Å². The van der Waals surface area contributed by atoms with Gasteiger partial charge < -0.3 is 20.3 Å². The van der Waals surface area contributed by atoms with Crippen LogP contribution in [0.3, 0.4) is 0 Å². The summed E-state index contributed by atoms with van der Waals surface area (Å²) < 4.78 is 5.89. The van der Waals surface area contributed by atoms with Crippen molar-refractivity contribution >= 4 is 11.9 Å². The topological polar surface area (TPSA) is 95.9 Å². The third kappa shape index (κ3) is 40.6. The van der Waals surface area contributed by atoms with Crippen LogP contribution in [0.25, 0.3) is 0 Å². The third-order valence-electron chi connectivity index (χ3n) is 11.2. The molecule has 0 aliphatic carbocycles.